The molecule has 164 valence electrons. The molecule has 1 N–H and O–H groups in total. The SMILES string of the molecule is O=C(/C=C/c1ccc(Cl)cc1Cl)Nc1ccc(N2CCN(C(=O)c3cccs3)CC2)cc1. The lowest BCUT2D eigenvalue weighted by Crippen LogP contribution is -2.48. The van der Waals surface area contributed by atoms with E-state index in [0.29, 0.717) is 28.8 Å². The molecule has 1 aliphatic heterocycles. The van der Waals surface area contributed by atoms with Gasteiger partial charge in [-0.3, -0.25) is 9.59 Å². The highest BCUT2D eigenvalue weighted by Gasteiger charge is 2.22. The van der Waals surface area contributed by atoms with Gasteiger partial charge in [0.05, 0.1) is 4.88 Å². The third-order valence-electron chi connectivity index (χ3n) is 5.18. The molecule has 5 nitrogen and oxygen atoms in total. The summed E-state index contributed by atoms with van der Waals surface area (Å²) in [5.74, 6) is -0.143. The fourth-order valence-corrected chi connectivity index (χ4v) is 4.63. The van der Waals surface area contributed by atoms with Crippen molar-refractivity contribution in [3.8, 4) is 0 Å². The average Bonchev–Trinajstić information content (AvgIpc) is 3.34. The van der Waals surface area contributed by atoms with Crippen molar-refractivity contribution in [1.82, 2.24) is 4.90 Å². The standard InChI is InChI=1S/C24H21Cl2N3O2S/c25-18-5-3-17(21(26)16-18)4-10-23(30)27-19-6-8-20(9-7-19)28-11-13-29(14-12-28)24(31)22-2-1-15-32-22/h1-10,15-16H,11-14H2,(H,27,30)/b10-4+. The van der Waals surface area contributed by atoms with E-state index in [9.17, 15) is 9.59 Å². The van der Waals surface area contributed by atoms with Gasteiger partial charge in [0.15, 0.2) is 0 Å². The van der Waals surface area contributed by atoms with Crippen LogP contribution in [0.2, 0.25) is 10.0 Å². The molecule has 2 heterocycles. The van der Waals surface area contributed by atoms with Crippen LogP contribution in [-0.4, -0.2) is 42.9 Å². The molecule has 0 atom stereocenters. The van der Waals surface area contributed by atoms with Crippen molar-refractivity contribution in [2.45, 2.75) is 0 Å². The zero-order chi connectivity index (χ0) is 22.5. The second-order valence-electron chi connectivity index (χ2n) is 7.29. The van der Waals surface area contributed by atoms with Crippen molar-refractivity contribution in [2.75, 3.05) is 36.4 Å². The molecule has 2 amide bonds. The molecule has 0 aliphatic carbocycles. The summed E-state index contributed by atoms with van der Waals surface area (Å²) in [5.41, 5.74) is 2.49. The molecule has 8 heteroatoms. The van der Waals surface area contributed by atoms with Crippen LogP contribution in [0, 0.1) is 0 Å². The Morgan fingerprint density at radius 2 is 1.72 bits per heavy atom. The Morgan fingerprint density at radius 3 is 2.38 bits per heavy atom. The minimum Gasteiger partial charge on any atom is -0.368 e. The van der Waals surface area contributed by atoms with Gasteiger partial charge >= 0.3 is 0 Å². The summed E-state index contributed by atoms with van der Waals surface area (Å²) in [6.07, 6.45) is 3.09. The molecular formula is C24H21Cl2N3O2S. The number of carbonyl (C=O) groups excluding carboxylic acids is 2. The number of carbonyl (C=O) groups is 2. The van der Waals surface area contributed by atoms with Gasteiger partial charge < -0.3 is 15.1 Å². The number of thiophene rings is 1. The van der Waals surface area contributed by atoms with Crippen LogP contribution in [0.15, 0.2) is 66.1 Å². The molecule has 1 aromatic heterocycles. The number of amides is 2. The first kappa shape index (κ1) is 22.4. The van der Waals surface area contributed by atoms with Gasteiger partial charge in [-0.2, -0.15) is 0 Å². The van der Waals surface area contributed by atoms with Crippen LogP contribution in [0.4, 0.5) is 11.4 Å². The molecular weight excluding hydrogens is 465 g/mol. The average molecular weight is 486 g/mol. The highest BCUT2D eigenvalue weighted by Crippen LogP contribution is 2.23. The van der Waals surface area contributed by atoms with Gasteiger partial charge in [-0.25, -0.2) is 0 Å². The Hall–Kier alpha value is -2.80. The zero-order valence-corrected chi connectivity index (χ0v) is 19.5. The third kappa shape index (κ3) is 5.51. The van der Waals surface area contributed by atoms with E-state index in [-0.39, 0.29) is 11.8 Å². The molecule has 0 unspecified atom stereocenters. The molecule has 0 spiro atoms. The summed E-state index contributed by atoms with van der Waals surface area (Å²) in [5, 5.41) is 5.81. The number of hydrogen-bond acceptors (Lipinski definition) is 4. The van der Waals surface area contributed by atoms with Crippen LogP contribution in [0.1, 0.15) is 15.2 Å². The highest BCUT2D eigenvalue weighted by molar-refractivity contribution is 7.12. The lowest BCUT2D eigenvalue weighted by molar-refractivity contribution is -0.111. The van der Waals surface area contributed by atoms with Gasteiger partial charge in [0.1, 0.15) is 0 Å². The van der Waals surface area contributed by atoms with E-state index in [1.165, 1.54) is 17.4 Å². The van der Waals surface area contributed by atoms with E-state index in [1.807, 2.05) is 46.7 Å². The molecule has 0 saturated carbocycles. The normalized spacial score (nSPS) is 14.1. The number of piperazine rings is 1. The number of rotatable bonds is 5. The summed E-state index contributed by atoms with van der Waals surface area (Å²) >= 11 is 13.5. The van der Waals surface area contributed by atoms with Gasteiger partial charge in [-0.15, -0.1) is 11.3 Å². The summed E-state index contributed by atoms with van der Waals surface area (Å²) < 4.78 is 0. The summed E-state index contributed by atoms with van der Waals surface area (Å²) in [6, 6.07) is 16.6. The molecule has 3 aromatic rings. The van der Waals surface area contributed by atoms with E-state index in [4.69, 9.17) is 23.2 Å². The minimum absolute atomic E-state index is 0.102. The first-order valence-electron chi connectivity index (χ1n) is 10.1. The number of anilines is 2. The quantitative estimate of drug-likeness (QED) is 0.473. The number of benzene rings is 2. The van der Waals surface area contributed by atoms with E-state index < -0.39 is 0 Å². The Kier molecular flexibility index (Phi) is 7.15. The molecule has 32 heavy (non-hydrogen) atoms. The zero-order valence-electron chi connectivity index (χ0n) is 17.1. The lowest BCUT2D eigenvalue weighted by atomic mass is 10.2. The van der Waals surface area contributed by atoms with Crippen molar-refractivity contribution in [2.24, 2.45) is 0 Å². The largest absolute Gasteiger partial charge is 0.368 e. The topological polar surface area (TPSA) is 52.7 Å². The Morgan fingerprint density at radius 1 is 0.969 bits per heavy atom. The van der Waals surface area contributed by atoms with E-state index in [2.05, 4.69) is 10.2 Å². The summed E-state index contributed by atoms with van der Waals surface area (Å²) in [7, 11) is 0. The number of halogens is 2. The summed E-state index contributed by atoms with van der Waals surface area (Å²) in [6.45, 7) is 2.92. The van der Waals surface area contributed by atoms with E-state index >= 15 is 0 Å². The highest BCUT2D eigenvalue weighted by atomic mass is 35.5. The van der Waals surface area contributed by atoms with Crippen molar-refractivity contribution in [3.63, 3.8) is 0 Å². The molecule has 1 fully saturated rings. The molecule has 0 radical (unpaired) electrons. The van der Waals surface area contributed by atoms with Crippen LogP contribution in [0.3, 0.4) is 0 Å². The van der Waals surface area contributed by atoms with Crippen molar-refractivity contribution < 1.29 is 9.59 Å². The van der Waals surface area contributed by atoms with Gasteiger partial charge in [-0.1, -0.05) is 35.3 Å². The van der Waals surface area contributed by atoms with Crippen molar-refractivity contribution in [1.29, 1.82) is 0 Å². The lowest BCUT2D eigenvalue weighted by Gasteiger charge is -2.36. The number of hydrogen-bond donors (Lipinski definition) is 1. The Labute approximate surface area is 200 Å². The molecule has 4 rings (SSSR count). The van der Waals surface area contributed by atoms with Crippen LogP contribution in [0.25, 0.3) is 6.08 Å². The van der Waals surface area contributed by atoms with Gasteiger partial charge in [0, 0.05) is 53.7 Å². The smallest absolute Gasteiger partial charge is 0.264 e. The number of nitrogens with one attached hydrogen (secondary N) is 1. The molecule has 2 aromatic carbocycles. The third-order valence-corrected chi connectivity index (χ3v) is 6.60. The second-order valence-corrected chi connectivity index (χ2v) is 9.08. The minimum atomic E-state index is -0.246. The fraction of sp³-hybridized carbons (Fsp3) is 0.167. The van der Waals surface area contributed by atoms with Crippen LogP contribution >= 0.6 is 34.5 Å². The monoisotopic (exact) mass is 485 g/mol. The van der Waals surface area contributed by atoms with E-state index in [1.54, 1.807) is 24.3 Å². The van der Waals surface area contributed by atoms with Crippen LogP contribution in [0.5, 0.6) is 0 Å². The fourth-order valence-electron chi connectivity index (χ4n) is 3.47. The van der Waals surface area contributed by atoms with Crippen LogP contribution < -0.4 is 10.2 Å². The van der Waals surface area contributed by atoms with E-state index in [0.717, 1.165) is 29.2 Å². The van der Waals surface area contributed by atoms with Gasteiger partial charge in [-0.05, 0) is 59.5 Å². The maximum Gasteiger partial charge on any atom is 0.264 e. The molecule has 0 bridgehead atoms. The molecule has 1 aliphatic rings. The number of nitrogens with zero attached hydrogens (tertiary/aromatic N) is 2. The second kappa shape index (κ2) is 10.2. The molecule has 1 saturated heterocycles. The Balaban J connectivity index is 1.30. The predicted octanol–water partition coefficient (Wildman–Crippen LogP) is 5.67. The summed E-state index contributed by atoms with van der Waals surface area (Å²) in [4.78, 5) is 29.6. The Bertz CT molecular complexity index is 1120. The van der Waals surface area contributed by atoms with Crippen LogP contribution in [-0.2, 0) is 4.79 Å². The van der Waals surface area contributed by atoms with Gasteiger partial charge in [0.2, 0.25) is 5.91 Å². The maximum absolute atomic E-state index is 12.5. The predicted molar refractivity (Wildman–Crippen MR) is 133 cm³/mol. The first-order chi connectivity index (χ1) is 15.5. The first-order valence-corrected chi connectivity index (χ1v) is 11.7. The van der Waals surface area contributed by atoms with Gasteiger partial charge in [0.25, 0.3) is 5.91 Å². The maximum atomic E-state index is 12.5. The van der Waals surface area contributed by atoms with Crippen molar-refractivity contribution in [3.05, 3.63) is 86.5 Å². The van der Waals surface area contributed by atoms with Crippen molar-refractivity contribution >= 4 is 63.8 Å².